The number of rotatable bonds is 7. The second-order valence-corrected chi connectivity index (χ2v) is 5.52. The summed E-state index contributed by atoms with van der Waals surface area (Å²) in [6, 6.07) is 13.1. The van der Waals surface area contributed by atoms with Crippen molar-refractivity contribution in [1.82, 2.24) is 10.6 Å². The molecule has 0 bridgehead atoms. The number of methoxy groups -OCH3 is 1. The Morgan fingerprint density at radius 2 is 1.69 bits per heavy atom. The predicted octanol–water partition coefficient (Wildman–Crippen LogP) is 1.46. The molecule has 2 aromatic carbocycles. The van der Waals surface area contributed by atoms with Gasteiger partial charge in [0.05, 0.1) is 13.7 Å². The highest BCUT2D eigenvalue weighted by atomic mass is 19.1. The van der Waals surface area contributed by atoms with Crippen LogP contribution in [0.1, 0.15) is 15.9 Å². The molecule has 0 saturated heterocycles. The molecule has 0 aliphatic rings. The molecule has 0 aliphatic heterocycles. The zero-order valence-corrected chi connectivity index (χ0v) is 14.2. The second-order valence-electron chi connectivity index (χ2n) is 5.52. The van der Waals surface area contributed by atoms with E-state index >= 15 is 0 Å². The molecule has 26 heavy (non-hydrogen) atoms. The summed E-state index contributed by atoms with van der Waals surface area (Å²) in [5.74, 6) is -1.95. The van der Waals surface area contributed by atoms with Crippen LogP contribution < -0.4 is 10.6 Å². The summed E-state index contributed by atoms with van der Waals surface area (Å²) in [4.78, 5) is 35.9. The first-order chi connectivity index (χ1) is 12.5. The molecule has 136 valence electrons. The number of hydrogen-bond acceptors (Lipinski definition) is 4. The highest BCUT2D eigenvalue weighted by Crippen LogP contribution is 2.07. The number of halogens is 1. The van der Waals surface area contributed by atoms with Gasteiger partial charge in [-0.05, 0) is 29.8 Å². The first-order valence-electron chi connectivity index (χ1n) is 7.94. The second kappa shape index (κ2) is 9.31. The van der Waals surface area contributed by atoms with Gasteiger partial charge in [0.1, 0.15) is 11.9 Å². The number of amides is 2. The quantitative estimate of drug-likeness (QED) is 0.734. The third-order valence-electron chi connectivity index (χ3n) is 3.62. The smallest absolute Gasteiger partial charge is 0.328 e. The summed E-state index contributed by atoms with van der Waals surface area (Å²) in [6.07, 6.45) is 0.144. The van der Waals surface area contributed by atoms with Crippen LogP contribution in [-0.2, 0) is 20.7 Å². The maximum Gasteiger partial charge on any atom is 0.328 e. The zero-order chi connectivity index (χ0) is 18.9. The van der Waals surface area contributed by atoms with E-state index in [9.17, 15) is 18.8 Å². The fraction of sp³-hybridized carbons (Fsp3) is 0.211. The van der Waals surface area contributed by atoms with E-state index < -0.39 is 29.6 Å². The maximum atomic E-state index is 13.0. The van der Waals surface area contributed by atoms with Crippen molar-refractivity contribution < 1.29 is 23.5 Å². The predicted molar refractivity (Wildman–Crippen MR) is 92.8 cm³/mol. The molecule has 2 amide bonds. The van der Waals surface area contributed by atoms with Crippen molar-refractivity contribution in [3.63, 3.8) is 0 Å². The first kappa shape index (κ1) is 19.1. The Labute approximate surface area is 150 Å². The number of nitrogens with one attached hydrogen (secondary N) is 2. The van der Waals surface area contributed by atoms with Gasteiger partial charge in [-0.2, -0.15) is 0 Å². The van der Waals surface area contributed by atoms with Gasteiger partial charge in [-0.3, -0.25) is 9.59 Å². The molecule has 0 heterocycles. The summed E-state index contributed by atoms with van der Waals surface area (Å²) < 4.78 is 17.7. The monoisotopic (exact) mass is 358 g/mol. The van der Waals surface area contributed by atoms with Gasteiger partial charge in [-0.1, -0.05) is 30.3 Å². The molecule has 0 spiro atoms. The molecule has 2 N–H and O–H groups in total. The maximum absolute atomic E-state index is 13.0. The van der Waals surface area contributed by atoms with Crippen LogP contribution in [0.15, 0.2) is 54.6 Å². The summed E-state index contributed by atoms with van der Waals surface area (Å²) in [7, 11) is 1.21. The highest BCUT2D eigenvalue weighted by molar-refractivity contribution is 5.96. The Hall–Kier alpha value is -3.22. The molecule has 0 aromatic heterocycles. The van der Waals surface area contributed by atoms with Crippen LogP contribution in [0.5, 0.6) is 0 Å². The fourth-order valence-electron chi connectivity index (χ4n) is 2.29. The molecule has 1 atom stereocenters. The topological polar surface area (TPSA) is 84.5 Å². The third kappa shape index (κ3) is 5.70. The van der Waals surface area contributed by atoms with Crippen molar-refractivity contribution in [2.75, 3.05) is 13.7 Å². The van der Waals surface area contributed by atoms with Crippen LogP contribution in [-0.4, -0.2) is 37.5 Å². The molecule has 0 radical (unpaired) electrons. The highest BCUT2D eigenvalue weighted by Gasteiger charge is 2.22. The van der Waals surface area contributed by atoms with Gasteiger partial charge in [0, 0.05) is 12.0 Å². The minimum absolute atomic E-state index is 0.144. The van der Waals surface area contributed by atoms with E-state index in [0.29, 0.717) is 11.1 Å². The minimum Gasteiger partial charge on any atom is -0.467 e. The number of ether oxygens (including phenoxy) is 1. The molecule has 0 fully saturated rings. The lowest BCUT2D eigenvalue weighted by Crippen LogP contribution is -2.47. The van der Waals surface area contributed by atoms with Crippen molar-refractivity contribution in [2.24, 2.45) is 0 Å². The van der Waals surface area contributed by atoms with Gasteiger partial charge in [0.15, 0.2) is 0 Å². The largest absolute Gasteiger partial charge is 0.467 e. The van der Waals surface area contributed by atoms with E-state index in [-0.39, 0.29) is 13.0 Å². The van der Waals surface area contributed by atoms with E-state index in [4.69, 9.17) is 0 Å². The average Bonchev–Trinajstić information content (AvgIpc) is 2.67. The van der Waals surface area contributed by atoms with Gasteiger partial charge in [0.25, 0.3) is 5.91 Å². The fourth-order valence-corrected chi connectivity index (χ4v) is 2.29. The molecule has 0 unspecified atom stereocenters. The zero-order valence-electron chi connectivity index (χ0n) is 14.2. The van der Waals surface area contributed by atoms with Crippen LogP contribution in [0.25, 0.3) is 0 Å². The molecule has 0 saturated carbocycles. The van der Waals surface area contributed by atoms with Crippen LogP contribution in [0.4, 0.5) is 4.39 Å². The Kier molecular flexibility index (Phi) is 6.84. The van der Waals surface area contributed by atoms with Gasteiger partial charge in [0.2, 0.25) is 5.91 Å². The van der Waals surface area contributed by atoms with Gasteiger partial charge < -0.3 is 15.4 Å². The normalized spacial score (nSPS) is 11.3. The molecular weight excluding hydrogens is 339 g/mol. The third-order valence-corrected chi connectivity index (χ3v) is 3.62. The van der Waals surface area contributed by atoms with Crippen LogP contribution >= 0.6 is 0 Å². The van der Waals surface area contributed by atoms with E-state index in [1.807, 2.05) is 0 Å². The Bertz CT molecular complexity index is 763. The number of esters is 1. The molecule has 7 heteroatoms. The lowest BCUT2D eigenvalue weighted by Gasteiger charge is -2.17. The summed E-state index contributed by atoms with van der Waals surface area (Å²) in [5.41, 5.74) is 1.09. The summed E-state index contributed by atoms with van der Waals surface area (Å²) >= 11 is 0. The number of benzene rings is 2. The summed E-state index contributed by atoms with van der Waals surface area (Å²) in [5, 5.41) is 5.00. The molecule has 2 rings (SSSR count). The Balaban J connectivity index is 1.92. The minimum atomic E-state index is -0.938. The van der Waals surface area contributed by atoms with E-state index in [1.54, 1.807) is 30.3 Å². The van der Waals surface area contributed by atoms with Crippen LogP contribution in [0.2, 0.25) is 0 Å². The van der Waals surface area contributed by atoms with Crippen molar-refractivity contribution in [1.29, 1.82) is 0 Å². The average molecular weight is 358 g/mol. The van der Waals surface area contributed by atoms with E-state index in [1.165, 1.54) is 31.4 Å². The molecule has 0 aliphatic carbocycles. The Morgan fingerprint density at radius 3 is 2.31 bits per heavy atom. The SMILES string of the molecule is COC(=O)[C@H](Cc1ccc(F)cc1)NC(=O)CNC(=O)c1ccccc1. The lowest BCUT2D eigenvalue weighted by atomic mass is 10.1. The van der Waals surface area contributed by atoms with Crippen molar-refractivity contribution in [2.45, 2.75) is 12.5 Å². The van der Waals surface area contributed by atoms with Crippen molar-refractivity contribution in [3.05, 3.63) is 71.5 Å². The number of hydrogen-bond donors (Lipinski definition) is 2. The van der Waals surface area contributed by atoms with Crippen LogP contribution in [0.3, 0.4) is 0 Å². The number of carbonyl (C=O) groups is 3. The van der Waals surface area contributed by atoms with Gasteiger partial charge in [-0.15, -0.1) is 0 Å². The summed E-state index contributed by atoms with van der Waals surface area (Å²) in [6.45, 7) is -0.287. The molecule has 6 nitrogen and oxygen atoms in total. The van der Waals surface area contributed by atoms with E-state index in [0.717, 1.165) is 0 Å². The van der Waals surface area contributed by atoms with Crippen molar-refractivity contribution in [3.8, 4) is 0 Å². The van der Waals surface area contributed by atoms with E-state index in [2.05, 4.69) is 15.4 Å². The van der Waals surface area contributed by atoms with Crippen LogP contribution in [0, 0.1) is 5.82 Å². The first-order valence-corrected chi connectivity index (χ1v) is 7.94. The lowest BCUT2D eigenvalue weighted by molar-refractivity contribution is -0.144. The van der Waals surface area contributed by atoms with Gasteiger partial charge >= 0.3 is 5.97 Å². The standard InChI is InChI=1S/C19H19FN2O4/c1-26-19(25)16(11-13-7-9-15(20)10-8-13)22-17(23)12-21-18(24)14-5-3-2-4-6-14/h2-10,16H,11-12H2,1H3,(H,21,24)(H,22,23)/t16-/m0/s1. The number of carbonyl (C=O) groups excluding carboxylic acids is 3. The van der Waals surface area contributed by atoms with Gasteiger partial charge in [-0.25, -0.2) is 9.18 Å². The van der Waals surface area contributed by atoms with Crippen molar-refractivity contribution >= 4 is 17.8 Å². The molecular formula is C19H19FN2O4. The Morgan fingerprint density at radius 1 is 1.04 bits per heavy atom. The molecule has 2 aromatic rings.